The molecule has 0 saturated heterocycles. The number of phenolic OH excluding ortho intramolecular Hbond substituents is 1. The number of benzene rings is 1. The largest absolute Gasteiger partial charge is 0.504 e. The smallest absolute Gasteiger partial charge is 0.164 e. The first-order valence-corrected chi connectivity index (χ1v) is 7.04. The van der Waals surface area contributed by atoms with E-state index < -0.39 is 0 Å². The lowest BCUT2D eigenvalue weighted by molar-refractivity contribution is 0.240. The van der Waals surface area contributed by atoms with E-state index in [0.717, 1.165) is 34.0 Å². The van der Waals surface area contributed by atoms with Crippen molar-refractivity contribution in [2.75, 3.05) is 13.7 Å². The van der Waals surface area contributed by atoms with Crippen molar-refractivity contribution in [3.63, 3.8) is 0 Å². The zero-order valence-electron chi connectivity index (χ0n) is 11.1. The van der Waals surface area contributed by atoms with Gasteiger partial charge in [-0.25, -0.2) is 0 Å². The number of methoxy groups -OCH3 is 1. The first kappa shape index (κ1) is 13.7. The van der Waals surface area contributed by atoms with Crippen LogP contribution in [0.2, 0.25) is 0 Å². The highest BCUT2D eigenvalue weighted by Gasteiger charge is 2.42. The van der Waals surface area contributed by atoms with E-state index in [1.165, 1.54) is 6.42 Å². The molecule has 1 aliphatic rings. The highest BCUT2D eigenvalue weighted by Crippen LogP contribution is 2.52. The van der Waals surface area contributed by atoms with Gasteiger partial charge in [0.05, 0.1) is 7.11 Å². The minimum absolute atomic E-state index is 0.0718. The van der Waals surface area contributed by atoms with Gasteiger partial charge in [-0.05, 0) is 32.3 Å². The molecule has 2 rings (SSSR count). The zero-order chi connectivity index (χ0) is 13.5. The predicted molar refractivity (Wildman–Crippen MR) is 76.4 cm³/mol. The number of halogens is 1. The van der Waals surface area contributed by atoms with Gasteiger partial charge >= 0.3 is 0 Å². The summed E-state index contributed by atoms with van der Waals surface area (Å²) in [7, 11) is 1.59. The summed E-state index contributed by atoms with van der Waals surface area (Å²) in [4.78, 5) is 0. The van der Waals surface area contributed by atoms with Crippen LogP contribution in [0.15, 0.2) is 4.47 Å². The van der Waals surface area contributed by atoms with Crippen LogP contribution in [0.25, 0.3) is 0 Å². The van der Waals surface area contributed by atoms with Crippen LogP contribution >= 0.6 is 15.9 Å². The Labute approximate surface area is 116 Å². The Balaban J connectivity index is 2.70. The predicted octanol–water partition coefficient (Wildman–Crippen LogP) is 3.16. The second-order valence-electron chi connectivity index (χ2n) is 5.16. The third kappa shape index (κ3) is 1.74. The van der Waals surface area contributed by atoms with Gasteiger partial charge in [-0.15, -0.1) is 0 Å². The Kier molecular flexibility index (Phi) is 3.60. The fourth-order valence-corrected chi connectivity index (χ4v) is 3.40. The molecule has 0 aliphatic heterocycles. The number of aromatic hydroxyl groups is 1. The lowest BCUT2D eigenvalue weighted by Gasteiger charge is -2.43. The maximum absolute atomic E-state index is 10.5. The average molecular weight is 314 g/mol. The van der Waals surface area contributed by atoms with Crippen LogP contribution in [0.4, 0.5) is 0 Å². The van der Waals surface area contributed by atoms with Crippen LogP contribution in [0.5, 0.6) is 11.5 Å². The lowest BCUT2D eigenvalue weighted by atomic mass is 9.63. The third-order valence-electron chi connectivity index (χ3n) is 4.26. The van der Waals surface area contributed by atoms with Gasteiger partial charge in [0.25, 0.3) is 0 Å². The van der Waals surface area contributed by atoms with Crippen LogP contribution in [0.3, 0.4) is 0 Å². The van der Waals surface area contributed by atoms with Crippen molar-refractivity contribution in [1.82, 2.24) is 0 Å². The van der Waals surface area contributed by atoms with Crippen molar-refractivity contribution in [1.29, 1.82) is 0 Å². The molecule has 0 spiro atoms. The standard InChI is InChI=1S/C14H20BrNO2/c1-8-10(14(7-16)5-4-6-14)12(17)13(18-3)9(2)11(8)15/h17H,4-7,16H2,1-3H3. The molecule has 0 bridgehead atoms. The highest BCUT2D eigenvalue weighted by molar-refractivity contribution is 9.10. The Morgan fingerprint density at radius 2 is 1.94 bits per heavy atom. The first-order valence-electron chi connectivity index (χ1n) is 6.24. The molecule has 1 aromatic rings. The summed E-state index contributed by atoms with van der Waals surface area (Å²) >= 11 is 3.60. The second kappa shape index (κ2) is 4.74. The molecule has 0 atom stereocenters. The molecule has 4 heteroatoms. The molecular formula is C14H20BrNO2. The molecule has 1 aromatic carbocycles. The van der Waals surface area contributed by atoms with Gasteiger partial charge in [-0.1, -0.05) is 22.4 Å². The fraction of sp³-hybridized carbons (Fsp3) is 0.571. The van der Waals surface area contributed by atoms with Gasteiger partial charge in [0.1, 0.15) is 0 Å². The van der Waals surface area contributed by atoms with Crippen LogP contribution in [-0.2, 0) is 5.41 Å². The minimum Gasteiger partial charge on any atom is -0.504 e. The Morgan fingerprint density at radius 3 is 2.33 bits per heavy atom. The van der Waals surface area contributed by atoms with E-state index in [-0.39, 0.29) is 11.2 Å². The summed E-state index contributed by atoms with van der Waals surface area (Å²) in [5.74, 6) is 0.822. The van der Waals surface area contributed by atoms with Gasteiger partial charge in [0, 0.05) is 27.6 Å². The topological polar surface area (TPSA) is 55.5 Å². The molecule has 18 heavy (non-hydrogen) atoms. The molecule has 0 aromatic heterocycles. The minimum atomic E-state index is -0.0718. The maximum atomic E-state index is 10.5. The second-order valence-corrected chi connectivity index (χ2v) is 5.95. The Bertz CT molecular complexity index is 476. The molecule has 0 heterocycles. The SMILES string of the molecule is COc1c(C)c(Br)c(C)c(C2(CN)CCC2)c1O. The summed E-state index contributed by atoms with van der Waals surface area (Å²) in [5.41, 5.74) is 8.86. The van der Waals surface area contributed by atoms with Crippen molar-refractivity contribution < 1.29 is 9.84 Å². The molecule has 0 radical (unpaired) electrons. The highest BCUT2D eigenvalue weighted by atomic mass is 79.9. The molecule has 1 aliphatic carbocycles. The number of rotatable bonds is 3. The monoisotopic (exact) mass is 313 g/mol. The fourth-order valence-electron chi connectivity index (χ4n) is 3.02. The van der Waals surface area contributed by atoms with Crippen LogP contribution < -0.4 is 10.5 Å². The van der Waals surface area contributed by atoms with Gasteiger partial charge < -0.3 is 15.6 Å². The quantitative estimate of drug-likeness (QED) is 0.901. The van der Waals surface area contributed by atoms with Gasteiger partial charge in [-0.2, -0.15) is 0 Å². The van der Waals surface area contributed by atoms with Crippen molar-refractivity contribution in [2.45, 2.75) is 38.5 Å². The van der Waals surface area contributed by atoms with Crippen molar-refractivity contribution in [3.8, 4) is 11.5 Å². The van der Waals surface area contributed by atoms with Crippen LogP contribution in [-0.4, -0.2) is 18.8 Å². The number of hydrogen-bond donors (Lipinski definition) is 2. The number of phenols is 1. The molecule has 0 unspecified atom stereocenters. The van der Waals surface area contributed by atoms with E-state index in [1.807, 2.05) is 13.8 Å². The maximum Gasteiger partial charge on any atom is 0.164 e. The van der Waals surface area contributed by atoms with E-state index in [4.69, 9.17) is 10.5 Å². The van der Waals surface area contributed by atoms with Crippen molar-refractivity contribution >= 4 is 15.9 Å². The number of ether oxygens (including phenoxy) is 1. The molecule has 0 amide bonds. The van der Waals surface area contributed by atoms with Gasteiger partial charge in [-0.3, -0.25) is 0 Å². The number of hydrogen-bond acceptors (Lipinski definition) is 3. The number of nitrogens with two attached hydrogens (primary N) is 1. The average Bonchev–Trinajstić information content (AvgIpc) is 2.30. The molecule has 100 valence electrons. The van der Waals surface area contributed by atoms with Gasteiger partial charge in [0.2, 0.25) is 0 Å². The molecule has 3 N–H and O–H groups in total. The summed E-state index contributed by atoms with van der Waals surface area (Å²) in [6.45, 7) is 4.54. The van der Waals surface area contributed by atoms with Crippen molar-refractivity contribution in [2.24, 2.45) is 5.73 Å². The lowest BCUT2D eigenvalue weighted by Crippen LogP contribution is -2.42. The molecule has 1 saturated carbocycles. The summed E-state index contributed by atoms with van der Waals surface area (Å²) in [5, 5.41) is 10.5. The first-order chi connectivity index (χ1) is 8.48. The Hall–Kier alpha value is -0.740. The zero-order valence-corrected chi connectivity index (χ0v) is 12.7. The summed E-state index contributed by atoms with van der Waals surface area (Å²) < 4.78 is 6.35. The summed E-state index contributed by atoms with van der Waals surface area (Å²) in [6.07, 6.45) is 3.25. The molecular weight excluding hydrogens is 294 g/mol. The third-order valence-corrected chi connectivity index (χ3v) is 5.45. The normalized spacial score (nSPS) is 17.4. The van der Waals surface area contributed by atoms with Gasteiger partial charge in [0.15, 0.2) is 11.5 Å². The van der Waals surface area contributed by atoms with Crippen molar-refractivity contribution in [3.05, 3.63) is 21.2 Å². The van der Waals surface area contributed by atoms with Crippen LogP contribution in [0, 0.1) is 13.8 Å². The van der Waals surface area contributed by atoms with E-state index in [1.54, 1.807) is 7.11 Å². The molecule has 1 fully saturated rings. The van der Waals surface area contributed by atoms with Crippen LogP contribution in [0.1, 0.15) is 36.0 Å². The summed E-state index contributed by atoms with van der Waals surface area (Å²) in [6, 6.07) is 0. The van der Waals surface area contributed by atoms with E-state index in [9.17, 15) is 5.11 Å². The molecule has 3 nitrogen and oxygen atoms in total. The Morgan fingerprint density at radius 1 is 1.33 bits per heavy atom. The van der Waals surface area contributed by atoms with E-state index >= 15 is 0 Å². The van der Waals surface area contributed by atoms with E-state index in [2.05, 4.69) is 15.9 Å². The van der Waals surface area contributed by atoms with E-state index in [0.29, 0.717) is 12.3 Å².